The van der Waals surface area contributed by atoms with Gasteiger partial charge in [0.2, 0.25) is 0 Å². The maximum absolute atomic E-state index is 4.29. The summed E-state index contributed by atoms with van der Waals surface area (Å²) in [5.41, 5.74) is 2.66. The number of imidazole rings is 1. The summed E-state index contributed by atoms with van der Waals surface area (Å²) in [5.74, 6) is 0.699. The SMILES string of the molecule is CC(C)CNCc1ccn(Cc2cncn2C2CC2)c1. The Labute approximate surface area is 120 Å². The number of hydrogen-bond donors (Lipinski definition) is 1. The molecule has 0 saturated heterocycles. The molecule has 1 aliphatic rings. The van der Waals surface area contributed by atoms with Crippen LogP contribution in [0.3, 0.4) is 0 Å². The molecule has 1 saturated carbocycles. The number of rotatable bonds is 7. The van der Waals surface area contributed by atoms with E-state index in [0.29, 0.717) is 12.0 Å². The Hall–Kier alpha value is -1.55. The molecule has 4 nitrogen and oxygen atoms in total. The van der Waals surface area contributed by atoms with Crippen molar-refractivity contribution in [2.24, 2.45) is 5.92 Å². The Morgan fingerprint density at radius 1 is 1.40 bits per heavy atom. The molecule has 1 N–H and O–H groups in total. The molecule has 20 heavy (non-hydrogen) atoms. The second kappa shape index (κ2) is 5.83. The molecule has 2 aromatic heterocycles. The van der Waals surface area contributed by atoms with Gasteiger partial charge in [-0.2, -0.15) is 0 Å². The molecule has 2 heterocycles. The summed E-state index contributed by atoms with van der Waals surface area (Å²) in [5, 5.41) is 3.48. The molecule has 4 heteroatoms. The monoisotopic (exact) mass is 272 g/mol. The highest BCUT2D eigenvalue weighted by Gasteiger charge is 2.25. The van der Waals surface area contributed by atoms with Crippen molar-refractivity contribution in [3.63, 3.8) is 0 Å². The summed E-state index contributed by atoms with van der Waals surface area (Å²) < 4.78 is 4.58. The summed E-state index contributed by atoms with van der Waals surface area (Å²) in [7, 11) is 0. The van der Waals surface area contributed by atoms with E-state index in [4.69, 9.17) is 0 Å². The van der Waals surface area contributed by atoms with Crippen LogP contribution in [0.15, 0.2) is 31.0 Å². The van der Waals surface area contributed by atoms with Crippen molar-refractivity contribution in [3.8, 4) is 0 Å². The molecule has 0 unspecified atom stereocenters. The van der Waals surface area contributed by atoms with Crippen LogP contribution in [-0.2, 0) is 13.1 Å². The molecular formula is C16H24N4. The minimum absolute atomic E-state index is 0.699. The van der Waals surface area contributed by atoms with Crippen molar-refractivity contribution < 1.29 is 0 Å². The summed E-state index contributed by atoms with van der Waals surface area (Å²) in [4.78, 5) is 4.29. The van der Waals surface area contributed by atoms with Gasteiger partial charge in [0.05, 0.1) is 18.6 Å². The quantitative estimate of drug-likeness (QED) is 0.841. The molecule has 0 aliphatic heterocycles. The maximum atomic E-state index is 4.29. The number of aromatic nitrogens is 3. The van der Waals surface area contributed by atoms with E-state index in [1.807, 2.05) is 12.5 Å². The van der Waals surface area contributed by atoms with Gasteiger partial charge in [0.15, 0.2) is 0 Å². The standard InChI is InChI=1S/C16H24N4/c1-13(2)7-17-8-14-5-6-19(10-14)11-16-9-18-12-20(16)15-3-4-15/h5-6,9-10,12-13,15,17H,3-4,7-8,11H2,1-2H3. The molecule has 3 rings (SSSR count). The zero-order valence-electron chi connectivity index (χ0n) is 12.4. The van der Waals surface area contributed by atoms with E-state index < -0.39 is 0 Å². The van der Waals surface area contributed by atoms with Gasteiger partial charge in [-0.15, -0.1) is 0 Å². The zero-order valence-corrected chi connectivity index (χ0v) is 12.4. The summed E-state index contributed by atoms with van der Waals surface area (Å²) in [6.07, 6.45) is 11.0. The average molecular weight is 272 g/mol. The molecule has 0 amide bonds. The predicted octanol–water partition coefficient (Wildman–Crippen LogP) is 2.81. The van der Waals surface area contributed by atoms with Gasteiger partial charge in [0.1, 0.15) is 0 Å². The molecular weight excluding hydrogens is 248 g/mol. The van der Waals surface area contributed by atoms with Gasteiger partial charge in [0.25, 0.3) is 0 Å². The lowest BCUT2D eigenvalue weighted by atomic mass is 10.2. The van der Waals surface area contributed by atoms with E-state index in [-0.39, 0.29) is 0 Å². The van der Waals surface area contributed by atoms with Crippen molar-refractivity contribution in [3.05, 3.63) is 42.2 Å². The highest BCUT2D eigenvalue weighted by molar-refractivity contribution is 5.12. The molecule has 2 aromatic rings. The van der Waals surface area contributed by atoms with Crippen LogP contribution in [0.2, 0.25) is 0 Å². The fourth-order valence-corrected chi connectivity index (χ4v) is 2.52. The van der Waals surface area contributed by atoms with E-state index in [0.717, 1.165) is 19.6 Å². The van der Waals surface area contributed by atoms with Crippen LogP contribution < -0.4 is 5.32 Å². The molecule has 108 valence electrons. The molecule has 1 aliphatic carbocycles. The van der Waals surface area contributed by atoms with Crippen LogP contribution >= 0.6 is 0 Å². The normalized spacial score (nSPS) is 15.2. The smallest absolute Gasteiger partial charge is 0.0951 e. The minimum atomic E-state index is 0.699. The lowest BCUT2D eigenvalue weighted by Gasteiger charge is -2.08. The van der Waals surface area contributed by atoms with Crippen LogP contribution in [0.1, 0.15) is 44.0 Å². The van der Waals surface area contributed by atoms with Gasteiger partial charge in [-0.25, -0.2) is 4.98 Å². The van der Waals surface area contributed by atoms with E-state index in [1.54, 1.807) is 0 Å². The Bertz CT molecular complexity index is 548. The lowest BCUT2D eigenvalue weighted by Crippen LogP contribution is -2.18. The number of nitrogens with one attached hydrogen (secondary N) is 1. The molecule has 0 spiro atoms. The predicted molar refractivity (Wildman–Crippen MR) is 80.6 cm³/mol. The highest BCUT2D eigenvalue weighted by atomic mass is 15.1. The van der Waals surface area contributed by atoms with E-state index in [9.17, 15) is 0 Å². The van der Waals surface area contributed by atoms with E-state index >= 15 is 0 Å². The topological polar surface area (TPSA) is 34.8 Å². The van der Waals surface area contributed by atoms with Gasteiger partial charge in [-0.05, 0) is 36.9 Å². The third-order valence-electron chi connectivity index (χ3n) is 3.72. The van der Waals surface area contributed by atoms with Crippen LogP contribution in [0.5, 0.6) is 0 Å². The fraction of sp³-hybridized carbons (Fsp3) is 0.562. The van der Waals surface area contributed by atoms with Crippen molar-refractivity contribution in [1.29, 1.82) is 0 Å². The summed E-state index contributed by atoms with van der Waals surface area (Å²) >= 11 is 0. The third-order valence-corrected chi connectivity index (χ3v) is 3.72. The maximum Gasteiger partial charge on any atom is 0.0951 e. The first kappa shape index (κ1) is 13.4. The van der Waals surface area contributed by atoms with Crippen LogP contribution in [0.4, 0.5) is 0 Å². The van der Waals surface area contributed by atoms with Crippen molar-refractivity contribution in [2.75, 3.05) is 6.54 Å². The first-order valence-electron chi connectivity index (χ1n) is 7.58. The summed E-state index contributed by atoms with van der Waals surface area (Å²) in [6, 6.07) is 2.90. The second-order valence-electron chi connectivity index (χ2n) is 6.24. The van der Waals surface area contributed by atoms with Crippen molar-refractivity contribution in [2.45, 2.75) is 45.8 Å². The van der Waals surface area contributed by atoms with Crippen molar-refractivity contribution in [1.82, 2.24) is 19.4 Å². The zero-order chi connectivity index (χ0) is 13.9. The largest absolute Gasteiger partial charge is 0.348 e. The molecule has 0 atom stereocenters. The Morgan fingerprint density at radius 3 is 3.00 bits per heavy atom. The van der Waals surface area contributed by atoms with Gasteiger partial charge < -0.3 is 14.5 Å². The van der Waals surface area contributed by atoms with Crippen molar-refractivity contribution >= 4 is 0 Å². The van der Waals surface area contributed by atoms with E-state index in [1.165, 1.54) is 24.1 Å². The van der Waals surface area contributed by atoms with Gasteiger partial charge in [-0.3, -0.25) is 0 Å². The van der Waals surface area contributed by atoms with Gasteiger partial charge in [0, 0.05) is 31.2 Å². The fourth-order valence-electron chi connectivity index (χ4n) is 2.52. The second-order valence-corrected chi connectivity index (χ2v) is 6.24. The minimum Gasteiger partial charge on any atom is -0.348 e. The highest BCUT2D eigenvalue weighted by Crippen LogP contribution is 2.35. The third kappa shape index (κ3) is 3.31. The molecule has 0 aromatic carbocycles. The lowest BCUT2D eigenvalue weighted by molar-refractivity contribution is 0.552. The Morgan fingerprint density at radius 2 is 2.25 bits per heavy atom. The van der Waals surface area contributed by atoms with Crippen LogP contribution in [0.25, 0.3) is 0 Å². The number of hydrogen-bond acceptors (Lipinski definition) is 2. The first-order valence-corrected chi connectivity index (χ1v) is 7.58. The molecule has 0 bridgehead atoms. The Kier molecular flexibility index (Phi) is 3.92. The number of nitrogens with zero attached hydrogens (tertiary/aromatic N) is 3. The Balaban J connectivity index is 1.57. The molecule has 0 radical (unpaired) electrons. The first-order chi connectivity index (χ1) is 9.72. The van der Waals surface area contributed by atoms with E-state index in [2.05, 4.69) is 51.7 Å². The van der Waals surface area contributed by atoms with Gasteiger partial charge in [-0.1, -0.05) is 13.8 Å². The van der Waals surface area contributed by atoms with Crippen LogP contribution in [-0.4, -0.2) is 20.7 Å². The van der Waals surface area contributed by atoms with Gasteiger partial charge >= 0.3 is 0 Å². The van der Waals surface area contributed by atoms with Crippen LogP contribution in [0, 0.1) is 5.92 Å². The average Bonchev–Trinajstić information content (AvgIpc) is 2.99. The molecule has 1 fully saturated rings. The summed E-state index contributed by atoms with van der Waals surface area (Å²) in [6.45, 7) is 7.40.